The predicted octanol–water partition coefficient (Wildman–Crippen LogP) is 4.74. The number of aromatic nitrogens is 4. The summed E-state index contributed by atoms with van der Waals surface area (Å²) in [7, 11) is 1.60. The monoisotopic (exact) mass is 488 g/mol. The summed E-state index contributed by atoms with van der Waals surface area (Å²) >= 11 is 1.24. The summed E-state index contributed by atoms with van der Waals surface area (Å²) in [6, 6.07) is 13.2. The van der Waals surface area contributed by atoms with Crippen LogP contribution in [-0.2, 0) is 11.3 Å². The number of rotatable bonds is 9. The summed E-state index contributed by atoms with van der Waals surface area (Å²) in [5.41, 5.74) is 2.90. The standard InChI is InChI=1S/C25H24N6O3S/c1-5-12-30-24(21-7-6-13-34-21)28-29-25(30)35-15-22(32)27-23-20(14-26)16(2)17(3)31(23)18-8-10-19(33-4)11-9-18/h5-11,13H,1,12,15H2,2-4H3,(H,27,32). The van der Waals surface area contributed by atoms with Gasteiger partial charge in [0.15, 0.2) is 10.9 Å². The number of benzene rings is 1. The van der Waals surface area contributed by atoms with Crippen LogP contribution >= 0.6 is 11.8 Å². The molecule has 4 rings (SSSR count). The van der Waals surface area contributed by atoms with Crippen LogP contribution in [0.25, 0.3) is 17.3 Å². The zero-order valence-corrected chi connectivity index (χ0v) is 20.4. The number of nitriles is 1. The number of thioether (sulfide) groups is 1. The van der Waals surface area contributed by atoms with Gasteiger partial charge in [-0.3, -0.25) is 13.9 Å². The van der Waals surface area contributed by atoms with Crippen LogP contribution in [0.1, 0.15) is 16.8 Å². The van der Waals surface area contributed by atoms with Crippen LogP contribution < -0.4 is 10.1 Å². The molecule has 35 heavy (non-hydrogen) atoms. The van der Waals surface area contributed by atoms with Crippen molar-refractivity contribution in [3.63, 3.8) is 0 Å². The molecule has 1 amide bonds. The highest BCUT2D eigenvalue weighted by Crippen LogP contribution is 2.31. The van der Waals surface area contributed by atoms with E-state index in [9.17, 15) is 10.1 Å². The first-order valence-electron chi connectivity index (χ1n) is 10.8. The quantitative estimate of drug-likeness (QED) is 0.267. The molecule has 0 aliphatic heterocycles. The lowest BCUT2D eigenvalue weighted by Crippen LogP contribution is -2.18. The zero-order valence-electron chi connectivity index (χ0n) is 19.6. The van der Waals surface area contributed by atoms with Crippen molar-refractivity contribution < 1.29 is 13.9 Å². The van der Waals surface area contributed by atoms with E-state index in [1.807, 2.05) is 47.2 Å². The molecular weight excluding hydrogens is 464 g/mol. The first-order valence-corrected chi connectivity index (χ1v) is 11.7. The summed E-state index contributed by atoms with van der Waals surface area (Å²) in [5, 5.41) is 21.7. The van der Waals surface area contributed by atoms with Gasteiger partial charge in [-0.2, -0.15) is 5.26 Å². The lowest BCUT2D eigenvalue weighted by Gasteiger charge is -2.14. The maximum absolute atomic E-state index is 13.0. The number of hydrogen-bond acceptors (Lipinski definition) is 7. The number of nitrogens with zero attached hydrogens (tertiary/aromatic N) is 5. The summed E-state index contributed by atoms with van der Waals surface area (Å²) in [6.07, 6.45) is 3.30. The molecule has 9 nitrogen and oxygen atoms in total. The molecule has 0 bridgehead atoms. The van der Waals surface area contributed by atoms with Crippen molar-refractivity contribution in [3.05, 3.63) is 72.1 Å². The van der Waals surface area contributed by atoms with Gasteiger partial charge in [-0.15, -0.1) is 16.8 Å². The van der Waals surface area contributed by atoms with E-state index in [1.54, 1.807) is 31.6 Å². The van der Waals surface area contributed by atoms with Gasteiger partial charge in [0.25, 0.3) is 0 Å². The molecule has 4 aromatic rings. The van der Waals surface area contributed by atoms with E-state index in [4.69, 9.17) is 9.15 Å². The van der Waals surface area contributed by atoms with E-state index in [-0.39, 0.29) is 11.7 Å². The van der Waals surface area contributed by atoms with E-state index in [0.717, 1.165) is 22.7 Å². The van der Waals surface area contributed by atoms with Crippen molar-refractivity contribution in [1.29, 1.82) is 5.26 Å². The molecule has 0 radical (unpaired) electrons. The number of allylic oxidation sites excluding steroid dienone is 1. The van der Waals surface area contributed by atoms with Crippen LogP contribution in [0, 0.1) is 25.2 Å². The summed E-state index contributed by atoms with van der Waals surface area (Å²) < 4.78 is 14.4. The van der Waals surface area contributed by atoms with Crippen molar-refractivity contribution in [2.45, 2.75) is 25.5 Å². The average Bonchev–Trinajstić information content (AvgIpc) is 3.58. The van der Waals surface area contributed by atoms with Crippen LogP contribution in [0.4, 0.5) is 5.82 Å². The topological polar surface area (TPSA) is 111 Å². The number of amides is 1. The molecule has 0 aliphatic carbocycles. The minimum absolute atomic E-state index is 0.0736. The van der Waals surface area contributed by atoms with Crippen LogP contribution in [-0.4, -0.2) is 38.1 Å². The first kappa shape index (κ1) is 23.9. The van der Waals surface area contributed by atoms with Crippen LogP contribution in [0.15, 0.2) is 64.9 Å². The number of nitrogens with one attached hydrogen (secondary N) is 1. The Labute approximate surface area is 207 Å². The first-order chi connectivity index (χ1) is 17.0. The predicted molar refractivity (Wildman–Crippen MR) is 134 cm³/mol. The fourth-order valence-electron chi connectivity index (χ4n) is 3.69. The highest BCUT2D eigenvalue weighted by molar-refractivity contribution is 7.99. The second-order valence-electron chi connectivity index (χ2n) is 7.60. The minimum Gasteiger partial charge on any atom is -0.497 e. The average molecular weight is 489 g/mol. The van der Waals surface area contributed by atoms with Crippen molar-refractivity contribution in [3.8, 4) is 29.1 Å². The van der Waals surface area contributed by atoms with Crippen LogP contribution in [0.2, 0.25) is 0 Å². The largest absolute Gasteiger partial charge is 0.497 e. The number of hydrogen-bond donors (Lipinski definition) is 1. The molecule has 0 spiro atoms. The van der Waals surface area contributed by atoms with Gasteiger partial charge in [0.2, 0.25) is 11.7 Å². The second-order valence-corrected chi connectivity index (χ2v) is 8.54. The molecule has 178 valence electrons. The summed E-state index contributed by atoms with van der Waals surface area (Å²) in [6.45, 7) is 8.04. The van der Waals surface area contributed by atoms with Crippen LogP contribution in [0.3, 0.4) is 0 Å². The number of anilines is 1. The Hall–Kier alpha value is -4.23. The number of carbonyl (C=O) groups excluding carboxylic acids is 1. The molecule has 3 heterocycles. The molecular formula is C25H24N6O3S. The highest BCUT2D eigenvalue weighted by atomic mass is 32.2. The Morgan fingerprint density at radius 1 is 1.29 bits per heavy atom. The van der Waals surface area contributed by atoms with E-state index < -0.39 is 0 Å². The Bertz CT molecular complexity index is 1390. The molecule has 0 aliphatic rings. The molecule has 0 saturated carbocycles. The van der Waals surface area contributed by atoms with Gasteiger partial charge >= 0.3 is 0 Å². The fraction of sp³-hybridized carbons (Fsp3) is 0.200. The maximum Gasteiger partial charge on any atom is 0.236 e. The molecule has 1 aromatic carbocycles. The van der Waals surface area contributed by atoms with Crippen molar-refractivity contribution in [1.82, 2.24) is 19.3 Å². The Balaban J connectivity index is 1.58. The lowest BCUT2D eigenvalue weighted by atomic mass is 10.2. The van der Waals surface area contributed by atoms with E-state index in [1.165, 1.54) is 11.8 Å². The third-order valence-electron chi connectivity index (χ3n) is 5.52. The molecule has 0 saturated heterocycles. The van der Waals surface area contributed by atoms with E-state index in [2.05, 4.69) is 28.2 Å². The number of ether oxygens (including phenoxy) is 1. The third kappa shape index (κ3) is 4.72. The number of furan rings is 1. The SMILES string of the molecule is C=CCn1c(SCC(=O)Nc2c(C#N)c(C)c(C)n2-c2ccc(OC)cc2)nnc1-c1ccco1. The normalized spacial score (nSPS) is 10.7. The summed E-state index contributed by atoms with van der Waals surface area (Å²) in [5.74, 6) is 2.09. The molecule has 0 fully saturated rings. The molecule has 0 atom stereocenters. The Morgan fingerprint density at radius 3 is 2.69 bits per heavy atom. The smallest absolute Gasteiger partial charge is 0.236 e. The minimum atomic E-state index is -0.272. The highest BCUT2D eigenvalue weighted by Gasteiger charge is 2.22. The Kier molecular flexibility index (Phi) is 7.08. The van der Waals surface area contributed by atoms with Gasteiger partial charge in [0, 0.05) is 17.9 Å². The second kappa shape index (κ2) is 10.4. The van der Waals surface area contributed by atoms with Crippen molar-refractivity contribution in [2.75, 3.05) is 18.2 Å². The Morgan fingerprint density at radius 2 is 2.06 bits per heavy atom. The van der Waals surface area contributed by atoms with Gasteiger partial charge in [-0.1, -0.05) is 17.8 Å². The molecule has 0 unspecified atom stereocenters. The molecule has 3 aromatic heterocycles. The number of carbonyl (C=O) groups is 1. The molecule has 10 heteroatoms. The summed E-state index contributed by atoms with van der Waals surface area (Å²) in [4.78, 5) is 13.0. The maximum atomic E-state index is 13.0. The van der Waals surface area contributed by atoms with Crippen molar-refractivity contribution >= 4 is 23.5 Å². The van der Waals surface area contributed by atoms with Crippen molar-refractivity contribution in [2.24, 2.45) is 0 Å². The van der Waals surface area contributed by atoms with Gasteiger partial charge in [0.1, 0.15) is 17.6 Å². The lowest BCUT2D eigenvalue weighted by molar-refractivity contribution is -0.113. The van der Waals surface area contributed by atoms with Gasteiger partial charge < -0.3 is 14.5 Å². The molecule has 1 N–H and O–H groups in total. The van der Waals surface area contributed by atoms with E-state index in [0.29, 0.717) is 34.7 Å². The van der Waals surface area contributed by atoms with E-state index >= 15 is 0 Å². The van der Waals surface area contributed by atoms with Gasteiger partial charge in [-0.05, 0) is 55.8 Å². The number of methoxy groups -OCH3 is 1. The van der Waals surface area contributed by atoms with Gasteiger partial charge in [0.05, 0.1) is 24.7 Å². The third-order valence-corrected chi connectivity index (χ3v) is 6.48. The fourth-order valence-corrected chi connectivity index (χ4v) is 4.44. The zero-order chi connectivity index (χ0) is 24.9. The van der Waals surface area contributed by atoms with Gasteiger partial charge in [-0.25, -0.2) is 0 Å². The van der Waals surface area contributed by atoms with Crippen LogP contribution in [0.5, 0.6) is 5.75 Å².